The number of cyclic esters (lactones) is 1. The van der Waals surface area contributed by atoms with Crippen LogP contribution < -0.4 is 0 Å². The van der Waals surface area contributed by atoms with Gasteiger partial charge in [-0.2, -0.15) is 0 Å². The van der Waals surface area contributed by atoms with Crippen LogP contribution in [0.5, 0.6) is 0 Å². The van der Waals surface area contributed by atoms with Crippen LogP contribution >= 0.6 is 0 Å². The Balaban J connectivity index is 2.02. The molecule has 332 valence electrons. The summed E-state index contributed by atoms with van der Waals surface area (Å²) < 4.78 is 36.1. The Hall–Kier alpha value is -2.43. The Bertz CT molecular complexity index is 1450. The molecule has 0 amide bonds. The number of hydrogen-bond acceptors (Lipinski definition) is 13. The quantitative estimate of drug-likeness (QED) is 0.129. The van der Waals surface area contributed by atoms with Gasteiger partial charge in [0.05, 0.1) is 49.8 Å². The molecule has 13 nitrogen and oxygen atoms in total. The van der Waals surface area contributed by atoms with Crippen LogP contribution in [0.25, 0.3) is 0 Å². The van der Waals surface area contributed by atoms with Crippen LogP contribution in [0.2, 0.25) is 0 Å². The first-order valence-corrected chi connectivity index (χ1v) is 21.0. The number of aliphatic hydroxyl groups is 6. The number of esters is 1. The molecule has 3 aliphatic rings. The molecule has 3 heterocycles. The zero-order valence-corrected chi connectivity index (χ0v) is 36.7. The van der Waals surface area contributed by atoms with Crippen molar-refractivity contribution < 1.29 is 63.9 Å². The fraction of sp³-hybridized carbons (Fsp3) is 0.756. The van der Waals surface area contributed by atoms with Gasteiger partial charge in [0.15, 0.2) is 12.1 Å². The molecular weight excluding hydrogens is 748 g/mol. The fourth-order valence-corrected chi connectivity index (χ4v) is 8.64. The molecule has 0 radical (unpaired) electrons. The summed E-state index contributed by atoms with van der Waals surface area (Å²) in [6.07, 6.45) is 3.82. The maximum atomic E-state index is 13.9. The zero-order valence-electron chi connectivity index (χ0n) is 36.7. The molecule has 13 heteroatoms. The highest BCUT2D eigenvalue weighted by atomic mass is 16.7. The van der Waals surface area contributed by atoms with Gasteiger partial charge in [-0.3, -0.25) is 0 Å². The predicted molar refractivity (Wildman–Crippen MR) is 220 cm³/mol. The molecule has 0 aromatic carbocycles. The minimum absolute atomic E-state index is 0.0414. The van der Waals surface area contributed by atoms with Crippen LogP contribution in [0.1, 0.15) is 94.9 Å². The molecule has 0 aromatic rings. The van der Waals surface area contributed by atoms with Crippen molar-refractivity contribution in [2.75, 3.05) is 14.2 Å². The molecule has 0 bridgehead atoms. The summed E-state index contributed by atoms with van der Waals surface area (Å²) in [4.78, 5) is 13.9. The molecule has 18 unspecified atom stereocenters. The maximum absolute atomic E-state index is 13.9. The summed E-state index contributed by atoms with van der Waals surface area (Å²) in [6, 6.07) is 0. The Morgan fingerprint density at radius 2 is 1.71 bits per heavy atom. The first-order chi connectivity index (χ1) is 27.2. The van der Waals surface area contributed by atoms with Crippen molar-refractivity contribution in [2.45, 2.75) is 168 Å². The molecule has 2 saturated heterocycles. The fourth-order valence-electron chi connectivity index (χ4n) is 8.64. The Morgan fingerprint density at radius 3 is 2.29 bits per heavy atom. The number of rotatable bonds is 10. The van der Waals surface area contributed by atoms with Crippen molar-refractivity contribution in [1.82, 2.24) is 0 Å². The van der Waals surface area contributed by atoms with Crippen molar-refractivity contribution in [3.8, 4) is 0 Å². The SMILES string of the molecule is C/C=C/C1OC(O)(C(C)C(O)C(C)C2OC(=O)/C(OC)=C/C(C)=C\C(C)C(O)C(CC)C(O)C(C)C/C(C)=C/C=C/C2OC)CC(OC2CC(O)C(O)C(C)O2)C1C. The second-order valence-electron chi connectivity index (χ2n) is 17.1. The summed E-state index contributed by atoms with van der Waals surface area (Å²) in [5.74, 6) is -5.78. The van der Waals surface area contributed by atoms with Crippen LogP contribution in [0.3, 0.4) is 0 Å². The molecule has 18 atom stereocenters. The van der Waals surface area contributed by atoms with Gasteiger partial charge >= 0.3 is 5.97 Å². The largest absolute Gasteiger partial charge is 0.490 e. The number of aliphatic hydroxyl groups excluding tert-OH is 5. The second-order valence-corrected chi connectivity index (χ2v) is 17.1. The molecule has 0 aliphatic carbocycles. The highest BCUT2D eigenvalue weighted by Gasteiger charge is 2.52. The summed E-state index contributed by atoms with van der Waals surface area (Å²) in [5.41, 5.74) is 1.61. The van der Waals surface area contributed by atoms with Crippen molar-refractivity contribution in [1.29, 1.82) is 0 Å². The van der Waals surface area contributed by atoms with Crippen LogP contribution in [-0.2, 0) is 33.2 Å². The first kappa shape index (κ1) is 49.9. The van der Waals surface area contributed by atoms with Crippen molar-refractivity contribution >= 4 is 5.97 Å². The van der Waals surface area contributed by atoms with Gasteiger partial charge < -0.3 is 59.1 Å². The second kappa shape index (κ2) is 22.4. The summed E-state index contributed by atoms with van der Waals surface area (Å²) in [7, 11) is 2.83. The highest BCUT2D eigenvalue weighted by molar-refractivity contribution is 5.87. The minimum Gasteiger partial charge on any atom is -0.490 e. The lowest BCUT2D eigenvalue weighted by Crippen LogP contribution is -2.59. The van der Waals surface area contributed by atoms with Gasteiger partial charge in [-0.15, -0.1) is 0 Å². The average molecular weight is 823 g/mol. The van der Waals surface area contributed by atoms with Gasteiger partial charge in [0, 0.05) is 49.5 Å². The van der Waals surface area contributed by atoms with E-state index in [4.69, 9.17) is 28.4 Å². The van der Waals surface area contributed by atoms with Gasteiger partial charge in [-0.1, -0.05) is 89.1 Å². The van der Waals surface area contributed by atoms with E-state index in [9.17, 15) is 35.4 Å². The molecule has 2 fully saturated rings. The van der Waals surface area contributed by atoms with E-state index in [2.05, 4.69) is 0 Å². The summed E-state index contributed by atoms with van der Waals surface area (Å²) in [6.45, 7) is 18.3. The molecule has 6 N–H and O–H groups in total. The van der Waals surface area contributed by atoms with Gasteiger partial charge in [0.2, 0.25) is 5.76 Å². The van der Waals surface area contributed by atoms with E-state index >= 15 is 0 Å². The summed E-state index contributed by atoms with van der Waals surface area (Å²) >= 11 is 0. The Morgan fingerprint density at radius 1 is 1.03 bits per heavy atom. The number of allylic oxidation sites excluding steroid dienone is 6. The van der Waals surface area contributed by atoms with E-state index in [1.165, 1.54) is 20.3 Å². The molecule has 0 saturated carbocycles. The van der Waals surface area contributed by atoms with E-state index in [0.717, 1.165) is 5.57 Å². The molecule has 58 heavy (non-hydrogen) atoms. The highest BCUT2D eigenvalue weighted by Crippen LogP contribution is 2.42. The van der Waals surface area contributed by atoms with E-state index in [1.807, 2.05) is 65.8 Å². The molecule has 3 aliphatic heterocycles. The van der Waals surface area contributed by atoms with Crippen molar-refractivity contribution in [2.24, 2.45) is 35.5 Å². The number of methoxy groups -OCH3 is 2. The number of carbonyl (C=O) groups is 1. The van der Waals surface area contributed by atoms with Crippen LogP contribution in [-0.4, -0.2) is 124 Å². The standard InChI is InChI=1S/C45H74O13/c1-13-16-34-28(7)37(56-38-22-33(46)42(50)31(10)55-38)23-45(52,58-34)30(9)41(49)29(8)43-35(53-11)18-15-17-24(3)19-26(5)39(47)32(14-2)40(48)27(6)20-25(4)21-36(54-12)44(51)57-43/h13,15-18,20-21,26-35,37-43,46-50,52H,14,19,22-23H2,1-12H3/b16-13+,18-15+,24-17+,25-20-,36-21-. The minimum atomic E-state index is -1.93. The lowest BCUT2D eigenvalue weighted by atomic mass is 9.77. The van der Waals surface area contributed by atoms with E-state index in [1.54, 1.807) is 39.8 Å². The third-order valence-electron chi connectivity index (χ3n) is 12.5. The third kappa shape index (κ3) is 12.6. The summed E-state index contributed by atoms with van der Waals surface area (Å²) in [5, 5.41) is 67.8. The van der Waals surface area contributed by atoms with E-state index in [0.29, 0.717) is 18.4 Å². The maximum Gasteiger partial charge on any atom is 0.373 e. The average Bonchev–Trinajstić information content (AvgIpc) is 3.17. The third-order valence-corrected chi connectivity index (χ3v) is 12.5. The Labute approximate surface area is 346 Å². The van der Waals surface area contributed by atoms with Gasteiger partial charge in [-0.05, 0) is 52.5 Å². The number of ether oxygens (including phenoxy) is 6. The van der Waals surface area contributed by atoms with Gasteiger partial charge in [0.1, 0.15) is 18.3 Å². The molecule has 3 rings (SSSR count). The predicted octanol–water partition coefficient (Wildman–Crippen LogP) is 4.88. The van der Waals surface area contributed by atoms with Gasteiger partial charge in [-0.25, -0.2) is 4.79 Å². The smallest absolute Gasteiger partial charge is 0.373 e. The molecule has 0 spiro atoms. The molecular formula is C45H74O13. The topological polar surface area (TPSA) is 194 Å². The monoisotopic (exact) mass is 823 g/mol. The first-order valence-electron chi connectivity index (χ1n) is 21.0. The van der Waals surface area contributed by atoms with E-state index in [-0.39, 0.29) is 42.3 Å². The number of hydrogen-bond donors (Lipinski definition) is 6. The lowest BCUT2D eigenvalue weighted by molar-refractivity contribution is -0.339. The van der Waals surface area contributed by atoms with Crippen molar-refractivity contribution in [3.63, 3.8) is 0 Å². The van der Waals surface area contributed by atoms with Crippen LogP contribution in [0.4, 0.5) is 0 Å². The molecule has 0 aromatic heterocycles. The van der Waals surface area contributed by atoms with Crippen LogP contribution in [0, 0.1) is 35.5 Å². The van der Waals surface area contributed by atoms with Crippen molar-refractivity contribution in [3.05, 3.63) is 59.4 Å². The van der Waals surface area contributed by atoms with Gasteiger partial charge in [0.25, 0.3) is 0 Å². The van der Waals surface area contributed by atoms with E-state index < -0.39 is 90.9 Å². The zero-order chi connectivity index (χ0) is 43.6. The normalized spacial score (nSPS) is 43.9. The van der Waals surface area contributed by atoms with Crippen LogP contribution in [0.15, 0.2) is 59.4 Å². The Kier molecular flexibility index (Phi) is 19.3. The lowest BCUT2D eigenvalue weighted by Gasteiger charge is -2.49. The number of carbonyl (C=O) groups excluding carboxylic acids is 1.